The van der Waals surface area contributed by atoms with Gasteiger partial charge in [0.2, 0.25) is 5.91 Å². The number of anilines is 1. The molecule has 1 amide bonds. The molecular formula is C13H14INO4S. The van der Waals surface area contributed by atoms with Gasteiger partial charge in [0.1, 0.15) is 5.00 Å². The Bertz CT molecular complexity index is 581. The van der Waals surface area contributed by atoms with Gasteiger partial charge in [0.05, 0.1) is 21.0 Å². The number of nitrogens with one attached hydrogen (secondary N) is 1. The molecule has 7 heteroatoms. The number of rotatable bonds is 3. The smallest absolute Gasteiger partial charge is 0.341 e. The van der Waals surface area contributed by atoms with Crippen molar-refractivity contribution in [1.29, 1.82) is 0 Å². The van der Waals surface area contributed by atoms with E-state index in [4.69, 9.17) is 4.74 Å². The molecule has 0 saturated carbocycles. The van der Waals surface area contributed by atoms with Crippen molar-refractivity contribution in [1.82, 2.24) is 0 Å². The minimum absolute atomic E-state index is 0.0269. The monoisotopic (exact) mass is 407 g/mol. The summed E-state index contributed by atoms with van der Waals surface area (Å²) in [6, 6.07) is 0. The fourth-order valence-electron chi connectivity index (χ4n) is 2.11. The maximum Gasteiger partial charge on any atom is 0.341 e. The van der Waals surface area contributed by atoms with Crippen molar-refractivity contribution < 1.29 is 19.1 Å². The lowest BCUT2D eigenvalue weighted by Crippen LogP contribution is -2.22. The highest BCUT2D eigenvalue weighted by atomic mass is 127. The van der Waals surface area contributed by atoms with Crippen LogP contribution in [0.1, 0.15) is 45.9 Å². The molecule has 5 nitrogen and oxygen atoms in total. The number of esters is 1. The van der Waals surface area contributed by atoms with Gasteiger partial charge in [-0.15, -0.1) is 11.3 Å². The molecular weight excluding hydrogens is 393 g/mol. The number of hydrogen-bond acceptors (Lipinski definition) is 5. The molecule has 0 spiro atoms. The summed E-state index contributed by atoms with van der Waals surface area (Å²) in [4.78, 5) is 36.1. The molecule has 20 heavy (non-hydrogen) atoms. The lowest BCUT2D eigenvalue weighted by Gasteiger charge is -2.16. The number of alkyl halides is 1. The van der Waals surface area contributed by atoms with Crippen LogP contribution in [0.5, 0.6) is 0 Å². The average molecular weight is 407 g/mol. The molecule has 1 heterocycles. The topological polar surface area (TPSA) is 72.5 Å². The number of Topliss-reactive ketones (excluding diaryl/α,β-unsaturated/α-hetero) is 1. The van der Waals surface area contributed by atoms with Crippen molar-refractivity contribution >= 4 is 56.6 Å². The van der Waals surface area contributed by atoms with Gasteiger partial charge < -0.3 is 10.1 Å². The number of carbonyl (C=O) groups excluding carboxylic acids is 3. The van der Waals surface area contributed by atoms with Gasteiger partial charge >= 0.3 is 5.97 Å². The summed E-state index contributed by atoms with van der Waals surface area (Å²) >= 11 is 3.28. The van der Waals surface area contributed by atoms with Crippen LogP contribution in [-0.2, 0) is 16.0 Å². The molecule has 1 aliphatic rings. The van der Waals surface area contributed by atoms with E-state index < -0.39 is 5.97 Å². The summed E-state index contributed by atoms with van der Waals surface area (Å²) in [5.41, 5.74) is 1.06. The summed E-state index contributed by atoms with van der Waals surface area (Å²) in [5, 5.41) is 3.05. The molecule has 1 aromatic heterocycles. The number of halogens is 1. The number of thiophene rings is 1. The quantitative estimate of drug-likeness (QED) is 0.475. The highest BCUT2D eigenvalue weighted by Crippen LogP contribution is 2.40. The van der Waals surface area contributed by atoms with Gasteiger partial charge in [-0.1, -0.05) is 22.6 Å². The van der Waals surface area contributed by atoms with Crippen LogP contribution in [0.2, 0.25) is 0 Å². The summed E-state index contributed by atoms with van der Waals surface area (Å²) in [7, 11) is 0. The standard InChI is InChI=1S/C13H14INO4S/c1-3-19-13(18)9-7-4-5-8(14)10(17)11(7)20-12(9)15-6(2)16/h8H,3-5H2,1-2H3,(H,15,16). The van der Waals surface area contributed by atoms with E-state index in [0.717, 1.165) is 5.56 Å². The lowest BCUT2D eigenvalue weighted by molar-refractivity contribution is -0.114. The molecule has 0 radical (unpaired) electrons. The van der Waals surface area contributed by atoms with Gasteiger partial charge in [-0.05, 0) is 25.3 Å². The zero-order valence-corrected chi connectivity index (χ0v) is 14.1. The van der Waals surface area contributed by atoms with Crippen LogP contribution < -0.4 is 5.32 Å². The first-order chi connectivity index (χ1) is 9.45. The van der Waals surface area contributed by atoms with Gasteiger partial charge in [0, 0.05) is 6.92 Å². The Labute approximate surface area is 134 Å². The number of ketones is 1. The van der Waals surface area contributed by atoms with E-state index in [0.29, 0.717) is 28.3 Å². The fraction of sp³-hybridized carbons (Fsp3) is 0.462. The van der Waals surface area contributed by atoms with Crippen LogP contribution in [0.15, 0.2) is 0 Å². The zero-order chi connectivity index (χ0) is 14.9. The molecule has 108 valence electrons. The summed E-state index contributed by atoms with van der Waals surface area (Å²) in [6.45, 7) is 3.35. The second kappa shape index (κ2) is 6.21. The van der Waals surface area contributed by atoms with Crippen LogP contribution in [0.4, 0.5) is 5.00 Å². The van der Waals surface area contributed by atoms with Gasteiger partial charge in [-0.25, -0.2) is 4.79 Å². The van der Waals surface area contributed by atoms with E-state index in [9.17, 15) is 14.4 Å². The third-order valence-corrected chi connectivity index (χ3v) is 5.28. The first-order valence-electron chi connectivity index (χ1n) is 6.24. The molecule has 0 aliphatic heterocycles. The minimum atomic E-state index is -0.478. The number of carbonyl (C=O) groups is 3. The molecule has 0 saturated heterocycles. The first kappa shape index (κ1) is 15.4. The predicted octanol–water partition coefficient (Wildman–Crippen LogP) is 2.82. The third-order valence-electron chi connectivity index (χ3n) is 2.93. The van der Waals surface area contributed by atoms with E-state index in [1.165, 1.54) is 18.3 Å². The first-order valence-corrected chi connectivity index (χ1v) is 8.30. The minimum Gasteiger partial charge on any atom is -0.462 e. The van der Waals surface area contributed by atoms with Crippen molar-refractivity contribution in [3.63, 3.8) is 0 Å². The van der Waals surface area contributed by atoms with E-state index in [1.54, 1.807) is 6.92 Å². The molecule has 1 atom stereocenters. The van der Waals surface area contributed by atoms with Gasteiger partial charge in [0.15, 0.2) is 5.78 Å². The largest absolute Gasteiger partial charge is 0.462 e. The van der Waals surface area contributed by atoms with Crippen molar-refractivity contribution in [3.05, 3.63) is 16.0 Å². The Balaban J connectivity index is 2.51. The predicted molar refractivity (Wildman–Crippen MR) is 85.0 cm³/mol. The van der Waals surface area contributed by atoms with Gasteiger partial charge in [0.25, 0.3) is 0 Å². The van der Waals surface area contributed by atoms with Crippen molar-refractivity contribution in [2.75, 3.05) is 11.9 Å². The molecule has 1 N–H and O–H groups in total. The molecule has 1 aromatic rings. The fourth-order valence-corrected chi connectivity index (χ4v) is 4.23. The summed E-state index contributed by atoms with van der Waals surface area (Å²) < 4.78 is 4.97. The van der Waals surface area contributed by atoms with E-state index in [2.05, 4.69) is 27.9 Å². The Hall–Kier alpha value is -0.960. The lowest BCUT2D eigenvalue weighted by atomic mass is 9.94. The van der Waals surface area contributed by atoms with Crippen LogP contribution in [0, 0.1) is 0 Å². The molecule has 0 aromatic carbocycles. The van der Waals surface area contributed by atoms with Crippen molar-refractivity contribution in [2.45, 2.75) is 30.6 Å². The Morgan fingerprint density at radius 3 is 2.80 bits per heavy atom. The Morgan fingerprint density at radius 1 is 1.50 bits per heavy atom. The molecule has 1 unspecified atom stereocenters. The number of hydrogen-bond donors (Lipinski definition) is 1. The highest BCUT2D eigenvalue weighted by molar-refractivity contribution is 14.1. The molecule has 0 bridgehead atoms. The number of ether oxygens (including phenoxy) is 1. The summed E-state index contributed by atoms with van der Waals surface area (Å²) in [5.74, 6) is -0.722. The maximum atomic E-state index is 12.2. The third kappa shape index (κ3) is 2.88. The molecule has 1 aliphatic carbocycles. The summed E-state index contributed by atoms with van der Waals surface area (Å²) in [6.07, 6.45) is 1.36. The number of fused-ring (bicyclic) bond motifs is 1. The SMILES string of the molecule is CCOC(=O)c1c(NC(C)=O)sc2c1CCC(I)C2=O. The normalized spacial score (nSPS) is 17.6. The van der Waals surface area contributed by atoms with Crippen LogP contribution in [-0.4, -0.2) is 28.2 Å². The maximum absolute atomic E-state index is 12.2. The van der Waals surface area contributed by atoms with E-state index in [-0.39, 0.29) is 22.2 Å². The van der Waals surface area contributed by atoms with E-state index >= 15 is 0 Å². The zero-order valence-electron chi connectivity index (χ0n) is 11.1. The Morgan fingerprint density at radius 2 is 2.20 bits per heavy atom. The molecule has 0 fully saturated rings. The van der Waals surface area contributed by atoms with Gasteiger partial charge in [-0.2, -0.15) is 0 Å². The van der Waals surface area contributed by atoms with Crippen LogP contribution >= 0.6 is 33.9 Å². The highest BCUT2D eigenvalue weighted by Gasteiger charge is 2.34. The Kier molecular flexibility index (Phi) is 4.79. The molecule has 2 rings (SSSR count). The van der Waals surface area contributed by atoms with E-state index in [1.807, 2.05) is 0 Å². The van der Waals surface area contributed by atoms with Crippen LogP contribution in [0.25, 0.3) is 0 Å². The second-order valence-electron chi connectivity index (χ2n) is 4.39. The van der Waals surface area contributed by atoms with Crippen molar-refractivity contribution in [2.24, 2.45) is 0 Å². The van der Waals surface area contributed by atoms with Crippen molar-refractivity contribution in [3.8, 4) is 0 Å². The second-order valence-corrected chi connectivity index (χ2v) is 6.91. The number of amides is 1. The van der Waals surface area contributed by atoms with Crippen LogP contribution in [0.3, 0.4) is 0 Å². The van der Waals surface area contributed by atoms with Gasteiger partial charge in [-0.3, -0.25) is 9.59 Å². The average Bonchev–Trinajstić information content (AvgIpc) is 2.72.